The van der Waals surface area contributed by atoms with Gasteiger partial charge in [0.2, 0.25) is 5.43 Å². The lowest BCUT2D eigenvalue weighted by Crippen LogP contribution is -2.10. The number of carbonyl (C=O) groups excluding carboxylic acids is 1. The van der Waals surface area contributed by atoms with Gasteiger partial charge in [-0.05, 0) is 12.1 Å². The minimum Gasteiger partial charge on any atom is -0.464 e. The maximum Gasteiger partial charge on any atom is 0.354 e. The monoisotopic (exact) mass is 243 g/mol. The lowest BCUT2D eigenvalue weighted by molar-refractivity contribution is 0.0594. The molecule has 90 valence electrons. The average Bonchev–Trinajstić information content (AvgIpc) is 2.77. The molecule has 0 atom stereocenters. The van der Waals surface area contributed by atoms with Crippen LogP contribution in [0.25, 0.3) is 22.1 Å². The van der Waals surface area contributed by atoms with Crippen LogP contribution in [-0.2, 0) is 4.74 Å². The first kappa shape index (κ1) is 10.6. The van der Waals surface area contributed by atoms with Crippen molar-refractivity contribution in [3.63, 3.8) is 0 Å². The number of hydrogen-bond acceptors (Lipinski definition) is 4. The fourth-order valence-electron chi connectivity index (χ4n) is 1.93. The van der Waals surface area contributed by atoms with Crippen LogP contribution >= 0.6 is 0 Å². The van der Waals surface area contributed by atoms with E-state index < -0.39 is 5.97 Å². The fraction of sp³-hybridized carbons (Fsp3) is 0.0769. The Labute approximate surface area is 101 Å². The Bertz CT molecular complexity index is 813. The number of aromatic nitrogens is 1. The molecule has 2 aromatic heterocycles. The normalized spacial score (nSPS) is 10.9. The van der Waals surface area contributed by atoms with Crippen LogP contribution in [0.5, 0.6) is 0 Å². The molecule has 0 unspecified atom stereocenters. The van der Waals surface area contributed by atoms with Gasteiger partial charge in [0, 0.05) is 11.5 Å². The molecule has 0 spiro atoms. The summed E-state index contributed by atoms with van der Waals surface area (Å²) in [5, 5.41) is 0.760. The third-order valence-electron chi connectivity index (χ3n) is 2.76. The summed E-state index contributed by atoms with van der Waals surface area (Å²) in [7, 11) is 1.26. The summed E-state index contributed by atoms with van der Waals surface area (Å²) in [6.07, 6.45) is 0. The Balaban J connectivity index is 2.44. The van der Waals surface area contributed by atoms with Gasteiger partial charge >= 0.3 is 5.97 Å². The molecule has 0 radical (unpaired) electrons. The molecule has 5 nitrogen and oxygen atoms in total. The first-order chi connectivity index (χ1) is 8.70. The van der Waals surface area contributed by atoms with Gasteiger partial charge in [-0.2, -0.15) is 0 Å². The van der Waals surface area contributed by atoms with E-state index in [1.165, 1.54) is 13.2 Å². The average molecular weight is 243 g/mol. The van der Waals surface area contributed by atoms with Crippen LogP contribution in [0.3, 0.4) is 0 Å². The number of furan rings is 1. The molecule has 1 aromatic carbocycles. The number of ether oxygens (including phenoxy) is 1. The van der Waals surface area contributed by atoms with E-state index in [0.29, 0.717) is 11.1 Å². The number of hydrogen-bond donors (Lipinski definition) is 1. The number of esters is 1. The molecule has 0 saturated carbocycles. The van der Waals surface area contributed by atoms with Gasteiger partial charge in [0.05, 0.1) is 12.6 Å². The Kier molecular flexibility index (Phi) is 2.19. The predicted molar refractivity (Wildman–Crippen MR) is 65.7 cm³/mol. The maximum absolute atomic E-state index is 11.9. The summed E-state index contributed by atoms with van der Waals surface area (Å²) in [6.45, 7) is 0. The number of methoxy groups -OCH3 is 1. The first-order valence-electron chi connectivity index (χ1n) is 5.33. The van der Waals surface area contributed by atoms with Crippen molar-refractivity contribution in [3.05, 3.63) is 46.2 Å². The number of carbonyl (C=O) groups is 1. The van der Waals surface area contributed by atoms with Crippen molar-refractivity contribution in [2.24, 2.45) is 0 Å². The van der Waals surface area contributed by atoms with Crippen molar-refractivity contribution in [3.8, 4) is 0 Å². The summed E-state index contributed by atoms with van der Waals surface area (Å²) in [5.74, 6) is -0.584. The van der Waals surface area contributed by atoms with E-state index in [2.05, 4.69) is 9.72 Å². The largest absolute Gasteiger partial charge is 0.464 e. The summed E-state index contributed by atoms with van der Waals surface area (Å²) < 4.78 is 10.0. The molecule has 5 heteroatoms. The highest BCUT2D eigenvalue weighted by molar-refractivity contribution is 6.03. The number of H-pyrrole nitrogens is 1. The number of fused-ring (bicyclic) bond motifs is 3. The van der Waals surface area contributed by atoms with Gasteiger partial charge in [-0.25, -0.2) is 4.79 Å². The van der Waals surface area contributed by atoms with Gasteiger partial charge in [-0.1, -0.05) is 12.1 Å². The molecule has 0 fully saturated rings. The molecule has 0 saturated heterocycles. The van der Waals surface area contributed by atoms with Crippen molar-refractivity contribution in [1.29, 1.82) is 0 Å². The Morgan fingerprint density at radius 3 is 2.89 bits per heavy atom. The quantitative estimate of drug-likeness (QED) is 0.664. The highest BCUT2D eigenvalue weighted by atomic mass is 16.5. The lowest BCUT2D eigenvalue weighted by Gasteiger charge is -1.98. The second-order valence-electron chi connectivity index (χ2n) is 3.84. The van der Waals surface area contributed by atoms with Crippen molar-refractivity contribution in [1.82, 2.24) is 4.98 Å². The number of para-hydroxylation sites is 1. The Morgan fingerprint density at radius 1 is 1.33 bits per heavy atom. The van der Waals surface area contributed by atoms with Gasteiger partial charge in [-0.3, -0.25) is 4.79 Å². The summed E-state index contributed by atoms with van der Waals surface area (Å²) in [4.78, 5) is 26.2. The van der Waals surface area contributed by atoms with Crippen molar-refractivity contribution < 1.29 is 13.9 Å². The molecule has 18 heavy (non-hydrogen) atoms. The molecule has 0 aliphatic heterocycles. The maximum atomic E-state index is 11.9. The zero-order valence-corrected chi connectivity index (χ0v) is 9.52. The van der Waals surface area contributed by atoms with Crippen molar-refractivity contribution >= 4 is 28.0 Å². The highest BCUT2D eigenvalue weighted by Crippen LogP contribution is 2.24. The molecular weight excluding hydrogens is 234 g/mol. The fourth-order valence-corrected chi connectivity index (χ4v) is 1.93. The number of pyridine rings is 1. The SMILES string of the molecule is COC(=O)c1cc(=O)c2oc3ccccc3c2[nH]1. The van der Waals surface area contributed by atoms with Gasteiger partial charge in [0.15, 0.2) is 5.58 Å². The van der Waals surface area contributed by atoms with Crippen LogP contribution in [0.4, 0.5) is 0 Å². The second kappa shape index (κ2) is 3.73. The summed E-state index contributed by atoms with van der Waals surface area (Å²) in [5.41, 5.74) is 1.09. The molecule has 3 rings (SSSR count). The van der Waals surface area contributed by atoms with E-state index in [4.69, 9.17) is 4.42 Å². The minimum absolute atomic E-state index is 0.113. The van der Waals surface area contributed by atoms with Crippen molar-refractivity contribution in [2.75, 3.05) is 7.11 Å². The van der Waals surface area contributed by atoms with Crippen LogP contribution in [0, 0.1) is 0 Å². The predicted octanol–water partition coefficient (Wildman–Crippen LogP) is 2.06. The van der Waals surface area contributed by atoms with E-state index >= 15 is 0 Å². The smallest absolute Gasteiger partial charge is 0.354 e. The zero-order valence-electron chi connectivity index (χ0n) is 9.52. The van der Waals surface area contributed by atoms with Crippen LogP contribution in [-0.4, -0.2) is 18.1 Å². The van der Waals surface area contributed by atoms with E-state index in [-0.39, 0.29) is 16.7 Å². The number of benzene rings is 1. The first-order valence-corrected chi connectivity index (χ1v) is 5.33. The van der Waals surface area contributed by atoms with Gasteiger partial charge < -0.3 is 14.1 Å². The number of rotatable bonds is 1. The molecule has 2 heterocycles. The zero-order chi connectivity index (χ0) is 12.7. The molecule has 0 bridgehead atoms. The lowest BCUT2D eigenvalue weighted by atomic mass is 10.2. The minimum atomic E-state index is -0.584. The molecule has 3 aromatic rings. The van der Waals surface area contributed by atoms with Gasteiger partial charge in [-0.15, -0.1) is 0 Å². The van der Waals surface area contributed by atoms with Crippen LogP contribution < -0.4 is 5.43 Å². The van der Waals surface area contributed by atoms with Crippen LogP contribution in [0.1, 0.15) is 10.5 Å². The molecular formula is C13H9NO4. The Morgan fingerprint density at radius 2 is 2.11 bits per heavy atom. The van der Waals surface area contributed by atoms with Crippen LogP contribution in [0.15, 0.2) is 39.5 Å². The van der Waals surface area contributed by atoms with Crippen molar-refractivity contribution in [2.45, 2.75) is 0 Å². The van der Waals surface area contributed by atoms with Gasteiger partial charge in [0.25, 0.3) is 0 Å². The van der Waals surface area contributed by atoms with E-state index in [1.54, 1.807) is 6.07 Å². The summed E-state index contributed by atoms with van der Waals surface area (Å²) >= 11 is 0. The topological polar surface area (TPSA) is 72.3 Å². The number of aromatic amines is 1. The van der Waals surface area contributed by atoms with E-state index in [0.717, 1.165) is 5.39 Å². The standard InChI is InChI=1S/C13H9NO4/c1-17-13(16)8-6-9(15)12-11(14-8)7-4-2-3-5-10(7)18-12/h2-6H,1H3,(H,14,15). The third-order valence-corrected chi connectivity index (χ3v) is 2.76. The van der Waals surface area contributed by atoms with E-state index in [1.807, 2.05) is 18.2 Å². The number of nitrogens with one attached hydrogen (secondary N) is 1. The molecule has 1 N–H and O–H groups in total. The van der Waals surface area contributed by atoms with E-state index in [9.17, 15) is 9.59 Å². The Hall–Kier alpha value is -2.56. The molecule has 0 aliphatic carbocycles. The molecule has 0 aliphatic rings. The third kappa shape index (κ3) is 1.41. The summed E-state index contributed by atoms with van der Waals surface area (Å²) in [6, 6.07) is 8.41. The van der Waals surface area contributed by atoms with Gasteiger partial charge in [0.1, 0.15) is 11.3 Å². The second-order valence-corrected chi connectivity index (χ2v) is 3.84. The molecule has 0 amide bonds. The highest BCUT2D eigenvalue weighted by Gasteiger charge is 2.14. The van der Waals surface area contributed by atoms with Crippen LogP contribution in [0.2, 0.25) is 0 Å².